The lowest BCUT2D eigenvalue weighted by Crippen LogP contribution is -2.39. The number of hydrogen-bond acceptors (Lipinski definition) is 2. The summed E-state index contributed by atoms with van der Waals surface area (Å²) in [6.07, 6.45) is 0. The molecule has 0 bridgehead atoms. The van der Waals surface area contributed by atoms with Crippen molar-refractivity contribution in [3.05, 3.63) is 28.2 Å². The maximum absolute atomic E-state index is 11.7. The molecule has 1 aromatic rings. The minimum atomic E-state index is -0.0488. The minimum Gasteiger partial charge on any atom is -0.376 e. The van der Waals surface area contributed by atoms with E-state index in [0.29, 0.717) is 16.0 Å². The lowest BCUT2D eigenvalue weighted by Gasteiger charge is -2.17. The van der Waals surface area contributed by atoms with E-state index in [-0.39, 0.29) is 18.5 Å². The van der Waals surface area contributed by atoms with Gasteiger partial charge in [-0.05, 0) is 31.0 Å². The van der Waals surface area contributed by atoms with Crippen LogP contribution in [0.2, 0.25) is 10.0 Å². The maximum atomic E-state index is 11.7. The Balaban J connectivity index is 2.47. The predicted octanol–water partition coefficient (Wildman–Crippen LogP) is 3.57. The van der Waals surface area contributed by atoms with E-state index in [0.717, 1.165) is 5.69 Å². The van der Waals surface area contributed by atoms with Crippen LogP contribution in [0, 0.1) is 5.92 Å². The van der Waals surface area contributed by atoms with Crippen molar-refractivity contribution < 1.29 is 4.79 Å². The molecule has 0 heterocycles. The Morgan fingerprint density at radius 3 is 2.22 bits per heavy atom. The number of carbonyl (C=O) groups excluding carboxylic acids is 1. The lowest BCUT2D eigenvalue weighted by molar-refractivity contribution is -0.120. The Labute approximate surface area is 118 Å². The Kier molecular flexibility index (Phi) is 5.76. The van der Waals surface area contributed by atoms with Crippen molar-refractivity contribution >= 4 is 34.8 Å². The number of rotatable bonds is 5. The van der Waals surface area contributed by atoms with Crippen LogP contribution >= 0.6 is 23.2 Å². The fourth-order valence-corrected chi connectivity index (χ4v) is 1.84. The van der Waals surface area contributed by atoms with Gasteiger partial charge in [-0.1, -0.05) is 37.0 Å². The van der Waals surface area contributed by atoms with Crippen molar-refractivity contribution in [3.63, 3.8) is 0 Å². The molecule has 0 aliphatic carbocycles. The highest BCUT2D eigenvalue weighted by Gasteiger charge is 2.10. The molecule has 0 radical (unpaired) electrons. The highest BCUT2D eigenvalue weighted by Crippen LogP contribution is 2.22. The summed E-state index contributed by atoms with van der Waals surface area (Å²) in [5.41, 5.74) is 0.736. The van der Waals surface area contributed by atoms with Crippen LogP contribution < -0.4 is 10.6 Å². The van der Waals surface area contributed by atoms with E-state index < -0.39 is 0 Å². The van der Waals surface area contributed by atoms with Gasteiger partial charge in [0.05, 0.1) is 6.54 Å². The molecule has 0 saturated carbocycles. The van der Waals surface area contributed by atoms with Gasteiger partial charge in [0.15, 0.2) is 0 Å². The van der Waals surface area contributed by atoms with Crippen LogP contribution in [0.4, 0.5) is 5.69 Å². The molecule has 2 N–H and O–H groups in total. The fourth-order valence-electron chi connectivity index (χ4n) is 1.31. The first-order valence-corrected chi connectivity index (χ1v) is 6.63. The highest BCUT2D eigenvalue weighted by molar-refractivity contribution is 6.35. The van der Waals surface area contributed by atoms with E-state index in [1.807, 2.05) is 6.92 Å². The zero-order valence-corrected chi connectivity index (χ0v) is 12.3. The second-order valence-electron chi connectivity index (χ2n) is 4.61. The van der Waals surface area contributed by atoms with Crippen molar-refractivity contribution in [2.75, 3.05) is 11.9 Å². The number of halogens is 2. The number of anilines is 1. The van der Waals surface area contributed by atoms with E-state index in [4.69, 9.17) is 23.2 Å². The van der Waals surface area contributed by atoms with Crippen molar-refractivity contribution in [1.29, 1.82) is 0 Å². The van der Waals surface area contributed by atoms with Gasteiger partial charge >= 0.3 is 0 Å². The van der Waals surface area contributed by atoms with E-state index >= 15 is 0 Å². The highest BCUT2D eigenvalue weighted by atomic mass is 35.5. The first-order valence-electron chi connectivity index (χ1n) is 5.88. The van der Waals surface area contributed by atoms with Crippen molar-refractivity contribution in [2.45, 2.75) is 26.8 Å². The largest absolute Gasteiger partial charge is 0.376 e. The van der Waals surface area contributed by atoms with E-state index in [1.165, 1.54) is 0 Å². The summed E-state index contributed by atoms with van der Waals surface area (Å²) in [6, 6.07) is 5.26. The number of nitrogens with one attached hydrogen (secondary N) is 2. The van der Waals surface area contributed by atoms with Crippen molar-refractivity contribution in [3.8, 4) is 0 Å². The van der Waals surface area contributed by atoms with Gasteiger partial charge in [-0.25, -0.2) is 0 Å². The third kappa shape index (κ3) is 5.15. The summed E-state index contributed by atoms with van der Waals surface area (Å²) in [5.74, 6) is 0.363. The van der Waals surface area contributed by atoms with Gasteiger partial charge < -0.3 is 10.6 Å². The Bertz CT molecular complexity index is 401. The third-order valence-electron chi connectivity index (χ3n) is 2.70. The molecule has 0 aromatic heterocycles. The zero-order chi connectivity index (χ0) is 13.7. The van der Waals surface area contributed by atoms with Crippen LogP contribution in [-0.2, 0) is 4.79 Å². The molecule has 0 aliphatic heterocycles. The normalized spacial score (nSPS) is 12.3. The third-order valence-corrected chi connectivity index (χ3v) is 3.14. The molecule has 18 heavy (non-hydrogen) atoms. The Morgan fingerprint density at radius 1 is 1.17 bits per heavy atom. The van der Waals surface area contributed by atoms with Crippen LogP contribution in [0.1, 0.15) is 20.8 Å². The maximum Gasteiger partial charge on any atom is 0.239 e. The monoisotopic (exact) mass is 288 g/mol. The molecule has 1 rings (SSSR count). The van der Waals surface area contributed by atoms with E-state index in [9.17, 15) is 4.79 Å². The van der Waals surface area contributed by atoms with Crippen LogP contribution in [-0.4, -0.2) is 18.5 Å². The SMILES string of the molecule is CC(C)C(C)NC(=O)CNc1cc(Cl)cc(Cl)c1. The average Bonchev–Trinajstić information content (AvgIpc) is 2.25. The van der Waals surface area contributed by atoms with Gasteiger partial charge in [-0.15, -0.1) is 0 Å². The molecule has 0 saturated heterocycles. The van der Waals surface area contributed by atoms with Gasteiger partial charge in [0, 0.05) is 21.8 Å². The zero-order valence-electron chi connectivity index (χ0n) is 10.8. The van der Waals surface area contributed by atoms with Gasteiger partial charge in [0.25, 0.3) is 0 Å². The molecule has 1 aromatic carbocycles. The van der Waals surface area contributed by atoms with Crippen LogP contribution in [0.3, 0.4) is 0 Å². The smallest absolute Gasteiger partial charge is 0.239 e. The number of benzene rings is 1. The molecule has 5 heteroatoms. The Hall–Kier alpha value is -0.930. The topological polar surface area (TPSA) is 41.1 Å². The number of hydrogen-bond donors (Lipinski definition) is 2. The fraction of sp³-hybridized carbons (Fsp3) is 0.462. The molecular weight excluding hydrogens is 271 g/mol. The quantitative estimate of drug-likeness (QED) is 0.870. The summed E-state index contributed by atoms with van der Waals surface area (Å²) >= 11 is 11.7. The molecule has 100 valence electrons. The Morgan fingerprint density at radius 2 is 1.72 bits per heavy atom. The predicted molar refractivity (Wildman–Crippen MR) is 77.4 cm³/mol. The minimum absolute atomic E-state index is 0.0488. The lowest BCUT2D eigenvalue weighted by atomic mass is 10.1. The van der Waals surface area contributed by atoms with Gasteiger partial charge in [-0.3, -0.25) is 4.79 Å². The van der Waals surface area contributed by atoms with Gasteiger partial charge in [0.1, 0.15) is 0 Å². The summed E-state index contributed by atoms with van der Waals surface area (Å²) in [7, 11) is 0. The second kappa shape index (κ2) is 6.86. The molecule has 1 amide bonds. The van der Waals surface area contributed by atoms with Gasteiger partial charge in [-0.2, -0.15) is 0 Å². The number of amides is 1. The number of carbonyl (C=O) groups is 1. The van der Waals surface area contributed by atoms with Gasteiger partial charge in [0.2, 0.25) is 5.91 Å². The van der Waals surface area contributed by atoms with E-state index in [1.54, 1.807) is 18.2 Å². The summed E-state index contributed by atoms with van der Waals surface area (Å²) in [6.45, 7) is 6.32. The average molecular weight is 289 g/mol. The molecule has 1 atom stereocenters. The summed E-state index contributed by atoms with van der Waals surface area (Å²) in [5, 5.41) is 6.99. The molecule has 3 nitrogen and oxygen atoms in total. The second-order valence-corrected chi connectivity index (χ2v) is 5.48. The van der Waals surface area contributed by atoms with E-state index in [2.05, 4.69) is 24.5 Å². The molecule has 0 spiro atoms. The molecule has 0 aliphatic rings. The van der Waals surface area contributed by atoms with Crippen molar-refractivity contribution in [1.82, 2.24) is 5.32 Å². The van der Waals surface area contributed by atoms with Crippen molar-refractivity contribution in [2.24, 2.45) is 5.92 Å². The molecular formula is C13H18Cl2N2O. The summed E-state index contributed by atoms with van der Waals surface area (Å²) < 4.78 is 0. The van der Waals surface area contributed by atoms with Crippen LogP contribution in [0.5, 0.6) is 0 Å². The first-order chi connectivity index (χ1) is 8.38. The molecule has 0 fully saturated rings. The standard InChI is InChI=1S/C13H18Cl2N2O/c1-8(2)9(3)17-13(18)7-16-12-5-10(14)4-11(15)6-12/h4-6,8-9,16H,7H2,1-3H3,(H,17,18). The summed E-state index contributed by atoms with van der Waals surface area (Å²) in [4.78, 5) is 11.7. The molecule has 1 unspecified atom stereocenters. The first kappa shape index (κ1) is 15.1. The van der Waals surface area contributed by atoms with Crippen LogP contribution in [0.25, 0.3) is 0 Å². The van der Waals surface area contributed by atoms with Crippen LogP contribution in [0.15, 0.2) is 18.2 Å².